The smallest absolute Gasteiger partial charge is 0.257 e. The number of hydrogen-bond acceptors (Lipinski definition) is 3. The van der Waals surface area contributed by atoms with E-state index in [1.54, 1.807) is 35.2 Å². The van der Waals surface area contributed by atoms with Gasteiger partial charge in [-0.05, 0) is 49.9 Å². The first-order valence-corrected chi connectivity index (χ1v) is 9.55. The van der Waals surface area contributed by atoms with Gasteiger partial charge < -0.3 is 15.3 Å². The Kier molecular flexibility index (Phi) is 6.29. The Labute approximate surface area is 164 Å². The number of carbonyl (C=O) groups excluding carboxylic acids is 2. The van der Waals surface area contributed by atoms with Crippen LogP contribution in [0.2, 0.25) is 0 Å². The Hall–Kier alpha value is -2.89. The molecule has 28 heavy (non-hydrogen) atoms. The van der Waals surface area contributed by atoms with Gasteiger partial charge in [0.05, 0.1) is 5.56 Å². The lowest BCUT2D eigenvalue weighted by atomic mass is 9.95. The van der Waals surface area contributed by atoms with E-state index in [4.69, 9.17) is 0 Å². The van der Waals surface area contributed by atoms with Crippen molar-refractivity contribution in [3.8, 4) is 5.75 Å². The van der Waals surface area contributed by atoms with Crippen molar-refractivity contribution in [3.63, 3.8) is 0 Å². The molecule has 1 heterocycles. The van der Waals surface area contributed by atoms with Gasteiger partial charge in [-0.2, -0.15) is 0 Å². The highest BCUT2D eigenvalue weighted by Gasteiger charge is 2.28. The van der Waals surface area contributed by atoms with E-state index in [-0.39, 0.29) is 29.3 Å². The lowest BCUT2D eigenvalue weighted by molar-refractivity contribution is -0.126. The second-order valence-electron chi connectivity index (χ2n) is 7.22. The maximum absolute atomic E-state index is 13.6. The normalized spacial score (nSPS) is 14.7. The number of carbonyl (C=O) groups is 2. The first kappa shape index (κ1) is 19.9. The van der Waals surface area contributed by atoms with Crippen molar-refractivity contribution in [2.75, 3.05) is 19.6 Å². The number of phenolic OH excluding ortho intramolecular Hbond substituents is 1. The second kappa shape index (κ2) is 8.87. The van der Waals surface area contributed by atoms with E-state index in [1.165, 1.54) is 12.1 Å². The van der Waals surface area contributed by atoms with Gasteiger partial charge in [0.1, 0.15) is 11.6 Å². The van der Waals surface area contributed by atoms with Gasteiger partial charge in [0.15, 0.2) is 0 Å². The number of benzene rings is 2. The molecule has 148 valence electrons. The monoisotopic (exact) mass is 384 g/mol. The van der Waals surface area contributed by atoms with Crippen molar-refractivity contribution in [1.82, 2.24) is 10.2 Å². The molecule has 1 aliphatic heterocycles. The number of nitrogens with zero attached hydrogens (tertiary/aromatic N) is 1. The lowest BCUT2D eigenvalue weighted by Crippen LogP contribution is -2.43. The van der Waals surface area contributed by atoms with Gasteiger partial charge >= 0.3 is 0 Å². The molecule has 0 spiro atoms. The summed E-state index contributed by atoms with van der Waals surface area (Å²) in [6.45, 7) is 3.19. The highest BCUT2D eigenvalue weighted by Crippen LogP contribution is 2.24. The van der Waals surface area contributed by atoms with Crippen molar-refractivity contribution < 1.29 is 19.1 Å². The largest absolute Gasteiger partial charge is 0.507 e. The summed E-state index contributed by atoms with van der Waals surface area (Å²) in [4.78, 5) is 26.7. The SMILES string of the molecule is Cc1ccc(O)c(C(=O)N2CCC(C(=O)NCCc3ccccc3F)CC2)c1. The van der Waals surface area contributed by atoms with Gasteiger partial charge in [-0.25, -0.2) is 4.39 Å². The summed E-state index contributed by atoms with van der Waals surface area (Å²) < 4.78 is 13.6. The Morgan fingerprint density at radius 2 is 1.89 bits per heavy atom. The minimum absolute atomic E-state index is 0.0244. The molecule has 0 bridgehead atoms. The van der Waals surface area contributed by atoms with Gasteiger partial charge in [-0.15, -0.1) is 0 Å². The molecule has 0 unspecified atom stereocenters. The number of aryl methyl sites for hydroxylation is 1. The highest BCUT2D eigenvalue weighted by atomic mass is 19.1. The van der Waals surface area contributed by atoms with Crippen LogP contribution in [0.3, 0.4) is 0 Å². The van der Waals surface area contributed by atoms with Gasteiger partial charge in [-0.3, -0.25) is 9.59 Å². The van der Waals surface area contributed by atoms with E-state index in [2.05, 4.69) is 5.32 Å². The van der Waals surface area contributed by atoms with E-state index < -0.39 is 0 Å². The summed E-state index contributed by atoms with van der Waals surface area (Å²) in [5, 5.41) is 12.8. The van der Waals surface area contributed by atoms with Crippen LogP contribution in [-0.4, -0.2) is 41.5 Å². The minimum atomic E-state index is -0.261. The number of nitrogens with one attached hydrogen (secondary N) is 1. The molecule has 2 amide bonds. The predicted octanol–water partition coefficient (Wildman–Crippen LogP) is 3.05. The molecule has 1 saturated heterocycles. The Balaban J connectivity index is 1.48. The maximum Gasteiger partial charge on any atom is 0.257 e. The molecule has 2 N–H and O–H groups in total. The minimum Gasteiger partial charge on any atom is -0.507 e. The molecule has 0 aliphatic carbocycles. The number of likely N-dealkylation sites (tertiary alicyclic amines) is 1. The third kappa shape index (κ3) is 4.68. The summed E-state index contributed by atoms with van der Waals surface area (Å²) in [7, 11) is 0. The van der Waals surface area contributed by atoms with Crippen molar-refractivity contribution >= 4 is 11.8 Å². The van der Waals surface area contributed by atoms with E-state index in [1.807, 2.05) is 6.92 Å². The molecule has 0 atom stereocenters. The molecular formula is C22H25FN2O3. The van der Waals surface area contributed by atoms with Crippen LogP contribution in [-0.2, 0) is 11.2 Å². The first-order chi connectivity index (χ1) is 13.5. The van der Waals surface area contributed by atoms with Crippen LogP contribution in [0.25, 0.3) is 0 Å². The number of piperidine rings is 1. The summed E-state index contributed by atoms with van der Waals surface area (Å²) in [6.07, 6.45) is 1.59. The third-order valence-electron chi connectivity index (χ3n) is 5.19. The Bertz CT molecular complexity index is 861. The predicted molar refractivity (Wildman–Crippen MR) is 105 cm³/mol. The maximum atomic E-state index is 13.6. The Morgan fingerprint density at radius 1 is 1.18 bits per heavy atom. The summed E-state index contributed by atoms with van der Waals surface area (Å²) in [5.41, 5.74) is 1.79. The second-order valence-corrected chi connectivity index (χ2v) is 7.22. The average molecular weight is 384 g/mol. The van der Waals surface area contributed by atoms with E-state index in [0.29, 0.717) is 50.0 Å². The topological polar surface area (TPSA) is 69.6 Å². The summed E-state index contributed by atoms with van der Waals surface area (Å²) >= 11 is 0. The molecule has 0 aromatic heterocycles. The number of rotatable bonds is 5. The third-order valence-corrected chi connectivity index (χ3v) is 5.19. The van der Waals surface area contributed by atoms with Crippen LogP contribution >= 0.6 is 0 Å². The molecule has 5 nitrogen and oxygen atoms in total. The lowest BCUT2D eigenvalue weighted by Gasteiger charge is -2.31. The summed E-state index contributed by atoms with van der Waals surface area (Å²) in [5.74, 6) is -0.705. The van der Waals surface area contributed by atoms with Crippen LogP contribution in [0.5, 0.6) is 5.75 Å². The molecule has 1 fully saturated rings. The van der Waals surface area contributed by atoms with Crippen LogP contribution in [0.1, 0.15) is 34.3 Å². The number of phenols is 1. The summed E-state index contributed by atoms with van der Waals surface area (Å²) in [6, 6.07) is 11.5. The quantitative estimate of drug-likeness (QED) is 0.833. The number of aromatic hydroxyl groups is 1. The van der Waals surface area contributed by atoms with Crippen LogP contribution in [0.15, 0.2) is 42.5 Å². The van der Waals surface area contributed by atoms with Gasteiger partial charge in [0.25, 0.3) is 5.91 Å². The van der Waals surface area contributed by atoms with E-state index in [0.717, 1.165) is 5.56 Å². The van der Waals surface area contributed by atoms with E-state index >= 15 is 0 Å². The van der Waals surface area contributed by atoms with E-state index in [9.17, 15) is 19.1 Å². The molecule has 2 aromatic carbocycles. The van der Waals surface area contributed by atoms with Gasteiger partial charge in [-0.1, -0.05) is 29.8 Å². The Morgan fingerprint density at radius 3 is 2.61 bits per heavy atom. The zero-order chi connectivity index (χ0) is 20.1. The van der Waals surface area contributed by atoms with Crippen LogP contribution in [0.4, 0.5) is 4.39 Å². The molecule has 0 radical (unpaired) electrons. The van der Waals surface area contributed by atoms with Crippen molar-refractivity contribution in [2.24, 2.45) is 5.92 Å². The number of hydrogen-bond donors (Lipinski definition) is 2. The van der Waals surface area contributed by atoms with Crippen molar-refractivity contribution in [2.45, 2.75) is 26.2 Å². The van der Waals surface area contributed by atoms with Crippen molar-refractivity contribution in [1.29, 1.82) is 0 Å². The first-order valence-electron chi connectivity index (χ1n) is 9.55. The zero-order valence-corrected chi connectivity index (χ0v) is 16.0. The van der Waals surface area contributed by atoms with Gasteiger partial charge in [0.2, 0.25) is 5.91 Å². The average Bonchev–Trinajstić information content (AvgIpc) is 2.71. The fraction of sp³-hybridized carbons (Fsp3) is 0.364. The number of halogens is 1. The van der Waals surface area contributed by atoms with Crippen LogP contribution < -0.4 is 5.32 Å². The number of amides is 2. The molecular weight excluding hydrogens is 359 g/mol. The standard InChI is InChI=1S/C22H25FN2O3/c1-15-6-7-20(26)18(14-15)22(28)25-12-9-17(10-13-25)21(27)24-11-8-16-4-2-3-5-19(16)23/h2-7,14,17,26H,8-13H2,1H3,(H,24,27). The van der Waals surface area contributed by atoms with Gasteiger partial charge in [0, 0.05) is 25.6 Å². The molecule has 3 rings (SSSR count). The fourth-order valence-electron chi connectivity index (χ4n) is 3.50. The fourth-order valence-corrected chi connectivity index (χ4v) is 3.50. The molecule has 0 saturated carbocycles. The molecule has 1 aliphatic rings. The highest BCUT2D eigenvalue weighted by molar-refractivity contribution is 5.97. The molecule has 2 aromatic rings. The van der Waals surface area contributed by atoms with Crippen molar-refractivity contribution in [3.05, 3.63) is 65.0 Å². The van der Waals surface area contributed by atoms with Crippen LogP contribution in [0, 0.1) is 18.7 Å². The molecule has 6 heteroatoms. The zero-order valence-electron chi connectivity index (χ0n) is 16.0.